The van der Waals surface area contributed by atoms with Gasteiger partial charge in [-0.3, -0.25) is 14.9 Å². The number of ether oxygens (including phenoxy) is 1. The maximum absolute atomic E-state index is 11.2. The summed E-state index contributed by atoms with van der Waals surface area (Å²) in [5.41, 5.74) is -0.0535. The number of hydrogen-bond donors (Lipinski definition) is 0. The van der Waals surface area contributed by atoms with Crippen molar-refractivity contribution in [2.24, 2.45) is 0 Å². The van der Waals surface area contributed by atoms with Crippen LogP contribution in [0.3, 0.4) is 0 Å². The molecule has 0 bridgehead atoms. The zero-order valence-corrected chi connectivity index (χ0v) is 10.2. The van der Waals surface area contributed by atoms with Crippen LogP contribution < -0.4 is 4.74 Å². The van der Waals surface area contributed by atoms with E-state index in [9.17, 15) is 14.9 Å². The van der Waals surface area contributed by atoms with Crippen molar-refractivity contribution in [1.82, 2.24) is 0 Å². The van der Waals surface area contributed by atoms with E-state index in [-0.39, 0.29) is 16.3 Å². The fraction of sp³-hybridized carbons (Fsp3) is 0.100. The van der Waals surface area contributed by atoms with E-state index in [2.05, 4.69) is 0 Å². The molecule has 1 aromatic carbocycles. The summed E-state index contributed by atoms with van der Waals surface area (Å²) < 4.78 is 5.80. The Balaban J connectivity index is 2.75. The van der Waals surface area contributed by atoms with Gasteiger partial charge in [-0.25, -0.2) is 0 Å². The zero-order valence-electron chi connectivity index (χ0n) is 8.60. The van der Waals surface area contributed by atoms with Crippen LogP contribution in [0.4, 0.5) is 5.69 Å². The van der Waals surface area contributed by atoms with Gasteiger partial charge in [0.05, 0.1) is 12.0 Å². The minimum absolute atomic E-state index is 0.0535. The smallest absolute Gasteiger partial charge is 0.270 e. The topological polar surface area (TPSA) is 69.4 Å². The zero-order chi connectivity index (χ0) is 12.6. The van der Waals surface area contributed by atoms with Crippen LogP contribution in [-0.4, -0.2) is 17.3 Å². The fourth-order valence-electron chi connectivity index (χ4n) is 1.51. The number of carbonyl (C=O) groups excluding carboxylic acids is 1. The molecule has 0 unspecified atom stereocenters. The second-order valence-electron chi connectivity index (χ2n) is 3.18. The number of carbonyl (C=O) groups is 1. The maximum atomic E-state index is 11.2. The predicted molar refractivity (Wildman–Crippen MR) is 65.2 cm³/mol. The number of methoxy groups -OCH3 is 1. The van der Waals surface area contributed by atoms with Gasteiger partial charge in [-0.15, -0.1) is 11.3 Å². The first kappa shape index (κ1) is 11.8. The van der Waals surface area contributed by atoms with Crippen molar-refractivity contribution in [2.45, 2.75) is 0 Å². The first-order valence-electron chi connectivity index (χ1n) is 4.49. The van der Waals surface area contributed by atoms with Crippen molar-refractivity contribution in [3.63, 3.8) is 0 Å². The van der Waals surface area contributed by atoms with E-state index in [1.54, 1.807) is 6.07 Å². The molecule has 0 amide bonds. The third kappa shape index (κ3) is 1.96. The summed E-state index contributed by atoms with van der Waals surface area (Å²) in [5, 5.41) is 10.6. The molecule has 2 rings (SSSR count). The van der Waals surface area contributed by atoms with Gasteiger partial charge in [0, 0.05) is 22.2 Å². The Morgan fingerprint density at radius 2 is 2.24 bits per heavy atom. The average molecular weight is 272 g/mol. The van der Waals surface area contributed by atoms with Gasteiger partial charge in [0.2, 0.25) is 0 Å². The molecule has 2 aromatic rings. The van der Waals surface area contributed by atoms with E-state index in [0.717, 1.165) is 16.0 Å². The summed E-state index contributed by atoms with van der Waals surface area (Å²) in [6.07, 6.45) is 0. The van der Waals surface area contributed by atoms with Gasteiger partial charge in [0.25, 0.3) is 10.9 Å². The van der Waals surface area contributed by atoms with Crippen LogP contribution in [0.2, 0.25) is 0 Å². The maximum Gasteiger partial charge on any atom is 0.270 e. The summed E-state index contributed by atoms with van der Waals surface area (Å²) in [6, 6.07) is 4.32. The Morgan fingerprint density at radius 1 is 1.53 bits per heavy atom. The number of halogens is 1. The molecule has 1 heterocycles. The average Bonchev–Trinajstić information content (AvgIpc) is 2.66. The molecule has 0 atom stereocenters. The first-order chi connectivity index (χ1) is 8.04. The summed E-state index contributed by atoms with van der Waals surface area (Å²) in [5.74, 6) is 0.286. The molecule has 88 valence electrons. The highest BCUT2D eigenvalue weighted by molar-refractivity contribution is 7.22. The van der Waals surface area contributed by atoms with Gasteiger partial charge < -0.3 is 4.74 Å². The third-order valence-electron chi connectivity index (χ3n) is 2.22. The molecule has 0 saturated carbocycles. The predicted octanol–water partition coefficient (Wildman–Crippen LogP) is 3.20. The molecule has 0 spiro atoms. The molecule has 0 aliphatic heterocycles. The van der Waals surface area contributed by atoms with Gasteiger partial charge in [-0.1, -0.05) is 0 Å². The minimum atomic E-state index is -0.634. The molecular weight excluding hydrogens is 266 g/mol. The SMILES string of the molecule is COc1c(C(=O)Cl)sc2ccc([N+](=O)[O-])cc12. The number of non-ortho nitro benzene ring substituents is 1. The van der Waals surface area contributed by atoms with Gasteiger partial charge in [0.1, 0.15) is 10.6 Å². The van der Waals surface area contributed by atoms with E-state index in [4.69, 9.17) is 16.3 Å². The monoisotopic (exact) mass is 271 g/mol. The highest BCUT2D eigenvalue weighted by Crippen LogP contribution is 2.40. The van der Waals surface area contributed by atoms with Gasteiger partial charge >= 0.3 is 0 Å². The minimum Gasteiger partial charge on any atom is -0.494 e. The molecule has 0 aliphatic carbocycles. The number of nitro benzene ring substituents is 1. The molecule has 0 radical (unpaired) electrons. The lowest BCUT2D eigenvalue weighted by atomic mass is 10.2. The molecular formula is C10H6ClNO4S. The van der Waals surface area contributed by atoms with Crippen molar-refractivity contribution in [1.29, 1.82) is 0 Å². The summed E-state index contributed by atoms with van der Waals surface area (Å²) in [4.78, 5) is 21.6. The van der Waals surface area contributed by atoms with Crippen molar-refractivity contribution >= 4 is 44.0 Å². The Labute approximate surface area is 105 Å². The van der Waals surface area contributed by atoms with Crippen LogP contribution in [-0.2, 0) is 0 Å². The van der Waals surface area contributed by atoms with E-state index in [1.165, 1.54) is 19.2 Å². The third-order valence-corrected chi connectivity index (χ3v) is 3.67. The quantitative estimate of drug-likeness (QED) is 0.488. The van der Waals surface area contributed by atoms with Crippen LogP contribution in [0.15, 0.2) is 18.2 Å². The highest BCUT2D eigenvalue weighted by Gasteiger charge is 2.19. The molecule has 5 nitrogen and oxygen atoms in total. The van der Waals surface area contributed by atoms with Crippen molar-refractivity contribution in [3.8, 4) is 5.75 Å². The lowest BCUT2D eigenvalue weighted by Crippen LogP contribution is -1.90. The molecule has 0 saturated heterocycles. The van der Waals surface area contributed by atoms with E-state index in [1.807, 2.05) is 0 Å². The largest absolute Gasteiger partial charge is 0.494 e. The molecule has 1 aromatic heterocycles. The molecule has 17 heavy (non-hydrogen) atoms. The lowest BCUT2D eigenvalue weighted by molar-refractivity contribution is -0.384. The van der Waals surface area contributed by atoms with Crippen LogP contribution in [0, 0.1) is 10.1 Å². The Kier molecular flexibility index (Phi) is 2.99. The normalized spacial score (nSPS) is 10.5. The Bertz CT molecular complexity index is 622. The fourth-order valence-corrected chi connectivity index (χ4v) is 2.69. The number of thiophene rings is 1. The molecule has 0 fully saturated rings. The second-order valence-corrected chi connectivity index (χ2v) is 4.57. The number of benzene rings is 1. The summed E-state index contributed by atoms with van der Waals surface area (Å²) >= 11 is 6.57. The van der Waals surface area contributed by atoms with Crippen LogP contribution >= 0.6 is 22.9 Å². The van der Waals surface area contributed by atoms with Crippen molar-refractivity contribution in [3.05, 3.63) is 33.2 Å². The van der Waals surface area contributed by atoms with E-state index < -0.39 is 10.2 Å². The number of hydrogen-bond acceptors (Lipinski definition) is 5. The standard InChI is InChI=1S/C10H6ClNO4S/c1-16-8-6-4-5(12(14)15)2-3-7(6)17-9(8)10(11)13/h2-4H,1H3. The number of nitrogens with zero attached hydrogens (tertiary/aromatic N) is 1. The second kappa shape index (κ2) is 4.31. The van der Waals surface area contributed by atoms with Crippen LogP contribution in [0.5, 0.6) is 5.75 Å². The Hall–Kier alpha value is -1.66. The highest BCUT2D eigenvalue weighted by atomic mass is 35.5. The number of fused-ring (bicyclic) bond motifs is 1. The van der Waals surface area contributed by atoms with Crippen molar-refractivity contribution in [2.75, 3.05) is 7.11 Å². The molecule has 7 heteroatoms. The Morgan fingerprint density at radius 3 is 2.76 bits per heavy atom. The van der Waals surface area contributed by atoms with E-state index >= 15 is 0 Å². The van der Waals surface area contributed by atoms with E-state index in [0.29, 0.717) is 5.39 Å². The van der Waals surface area contributed by atoms with Crippen LogP contribution in [0.1, 0.15) is 9.67 Å². The summed E-state index contributed by atoms with van der Waals surface area (Å²) in [7, 11) is 1.39. The number of nitro groups is 1. The van der Waals surface area contributed by atoms with Gasteiger partial charge in [0.15, 0.2) is 0 Å². The summed E-state index contributed by atoms with van der Waals surface area (Å²) in [6.45, 7) is 0. The molecule has 0 aliphatic rings. The van der Waals surface area contributed by atoms with Crippen molar-refractivity contribution < 1.29 is 14.5 Å². The van der Waals surface area contributed by atoms with Gasteiger partial charge in [-0.2, -0.15) is 0 Å². The lowest BCUT2D eigenvalue weighted by Gasteiger charge is -1.98. The number of rotatable bonds is 3. The van der Waals surface area contributed by atoms with Gasteiger partial charge in [-0.05, 0) is 17.7 Å². The first-order valence-corrected chi connectivity index (χ1v) is 5.68. The molecule has 0 N–H and O–H groups in total. The van der Waals surface area contributed by atoms with Crippen LogP contribution in [0.25, 0.3) is 10.1 Å².